The Morgan fingerprint density at radius 2 is 1.72 bits per heavy atom. The molecule has 0 aliphatic carbocycles. The lowest BCUT2D eigenvalue weighted by molar-refractivity contribution is -0.144. The highest BCUT2D eigenvalue weighted by Gasteiger charge is 2.29. The third-order valence-electron chi connectivity index (χ3n) is 4.11. The molecule has 29 heavy (non-hydrogen) atoms. The van der Waals surface area contributed by atoms with Crippen LogP contribution in [0.3, 0.4) is 0 Å². The first-order chi connectivity index (χ1) is 13.7. The van der Waals surface area contributed by atoms with E-state index in [1.807, 2.05) is 37.3 Å². The van der Waals surface area contributed by atoms with Crippen LogP contribution in [0.2, 0.25) is 0 Å². The molecular weight excluding hydrogens is 383 g/mol. The Bertz CT molecular complexity index is 831. The first-order valence-corrected chi connectivity index (χ1v) is 9.09. The first-order valence-electron chi connectivity index (χ1n) is 9.09. The summed E-state index contributed by atoms with van der Waals surface area (Å²) in [4.78, 5) is 23.5. The SMILES string of the molecule is C[C@H](CCc1ccccc1)NC(=O)COC(=O)/C=C/c1ccc(C(F)(F)F)cc1. The largest absolute Gasteiger partial charge is 0.452 e. The quantitative estimate of drug-likeness (QED) is 0.523. The van der Waals surface area contributed by atoms with Crippen LogP contribution < -0.4 is 5.32 Å². The third kappa shape index (κ3) is 8.21. The first kappa shape index (κ1) is 22.2. The predicted molar refractivity (Wildman–Crippen MR) is 104 cm³/mol. The van der Waals surface area contributed by atoms with Crippen LogP contribution in [0.15, 0.2) is 60.7 Å². The van der Waals surface area contributed by atoms with Crippen LogP contribution in [0, 0.1) is 0 Å². The Hall–Kier alpha value is -3.09. The number of rotatable bonds is 8. The van der Waals surface area contributed by atoms with E-state index in [2.05, 4.69) is 5.32 Å². The minimum absolute atomic E-state index is 0.0795. The van der Waals surface area contributed by atoms with Crippen molar-refractivity contribution in [3.8, 4) is 0 Å². The molecule has 1 atom stereocenters. The number of halogens is 3. The molecule has 1 amide bonds. The number of hydrogen-bond donors (Lipinski definition) is 1. The standard InChI is InChI=1S/C22H22F3NO3/c1-16(7-8-17-5-3-2-4-6-17)26-20(27)15-29-21(28)14-11-18-9-12-19(13-10-18)22(23,24)25/h2-6,9-14,16H,7-8,15H2,1H3,(H,26,27)/b14-11+/t16-/m1/s1. The molecule has 0 heterocycles. The number of esters is 1. The average Bonchev–Trinajstić information content (AvgIpc) is 2.69. The monoisotopic (exact) mass is 405 g/mol. The van der Waals surface area contributed by atoms with Gasteiger partial charge in [-0.2, -0.15) is 13.2 Å². The summed E-state index contributed by atoms with van der Waals surface area (Å²) in [7, 11) is 0. The molecule has 0 bridgehead atoms. The van der Waals surface area contributed by atoms with Crippen molar-refractivity contribution in [2.45, 2.75) is 32.0 Å². The van der Waals surface area contributed by atoms with E-state index in [1.54, 1.807) is 0 Å². The van der Waals surface area contributed by atoms with Crippen LogP contribution in [0.1, 0.15) is 30.0 Å². The van der Waals surface area contributed by atoms with Crippen molar-refractivity contribution in [3.63, 3.8) is 0 Å². The topological polar surface area (TPSA) is 55.4 Å². The molecular formula is C22H22F3NO3. The number of carbonyl (C=O) groups is 2. The summed E-state index contributed by atoms with van der Waals surface area (Å²) in [5, 5.41) is 2.75. The van der Waals surface area contributed by atoms with Crippen molar-refractivity contribution in [1.29, 1.82) is 0 Å². The summed E-state index contributed by atoms with van der Waals surface area (Å²) in [5.41, 5.74) is 0.817. The minimum atomic E-state index is -4.41. The summed E-state index contributed by atoms with van der Waals surface area (Å²) in [5.74, 6) is -1.17. The van der Waals surface area contributed by atoms with Crippen molar-refractivity contribution >= 4 is 18.0 Å². The fourth-order valence-corrected chi connectivity index (χ4v) is 2.55. The molecule has 0 saturated heterocycles. The predicted octanol–water partition coefficient (Wildman–Crippen LogP) is 4.40. The molecule has 0 unspecified atom stereocenters. The van der Waals surface area contributed by atoms with E-state index in [1.165, 1.54) is 23.8 Å². The summed E-state index contributed by atoms with van der Waals surface area (Å²) < 4.78 is 42.4. The number of amides is 1. The normalized spacial score (nSPS) is 12.6. The van der Waals surface area contributed by atoms with Gasteiger partial charge >= 0.3 is 12.1 Å². The van der Waals surface area contributed by atoms with Crippen molar-refractivity contribution in [3.05, 3.63) is 77.4 Å². The van der Waals surface area contributed by atoms with Gasteiger partial charge in [-0.3, -0.25) is 4.79 Å². The minimum Gasteiger partial charge on any atom is -0.452 e. The van der Waals surface area contributed by atoms with Gasteiger partial charge in [-0.25, -0.2) is 4.79 Å². The zero-order valence-corrected chi connectivity index (χ0v) is 15.9. The molecule has 0 saturated carbocycles. The number of carbonyl (C=O) groups excluding carboxylic acids is 2. The van der Waals surface area contributed by atoms with Gasteiger partial charge in [0, 0.05) is 12.1 Å². The Morgan fingerprint density at radius 3 is 2.34 bits per heavy atom. The number of aryl methyl sites for hydroxylation is 1. The molecule has 4 nitrogen and oxygen atoms in total. The van der Waals surface area contributed by atoms with Crippen LogP contribution in [0.5, 0.6) is 0 Å². The molecule has 0 fully saturated rings. The van der Waals surface area contributed by atoms with Crippen LogP contribution in [0.4, 0.5) is 13.2 Å². The van der Waals surface area contributed by atoms with Gasteiger partial charge in [-0.15, -0.1) is 0 Å². The zero-order chi connectivity index (χ0) is 21.3. The number of nitrogens with one attached hydrogen (secondary N) is 1. The zero-order valence-electron chi connectivity index (χ0n) is 15.9. The van der Waals surface area contributed by atoms with Gasteiger partial charge < -0.3 is 10.1 Å². The number of alkyl halides is 3. The summed E-state index contributed by atoms with van der Waals surface area (Å²) in [6, 6.07) is 14.1. The van der Waals surface area contributed by atoms with E-state index in [0.717, 1.165) is 31.1 Å². The van der Waals surface area contributed by atoms with Gasteiger partial charge in [0.1, 0.15) is 0 Å². The molecule has 1 N–H and O–H groups in total. The summed E-state index contributed by atoms with van der Waals surface area (Å²) >= 11 is 0. The van der Waals surface area contributed by atoms with Gasteiger partial charge in [0.15, 0.2) is 6.61 Å². The Morgan fingerprint density at radius 1 is 1.07 bits per heavy atom. The van der Waals surface area contributed by atoms with Crippen LogP contribution in [0.25, 0.3) is 6.08 Å². The Labute approximate surface area is 167 Å². The van der Waals surface area contributed by atoms with E-state index in [-0.39, 0.29) is 6.04 Å². The van der Waals surface area contributed by atoms with Crippen LogP contribution in [-0.4, -0.2) is 24.5 Å². The lowest BCUT2D eigenvalue weighted by Gasteiger charge is -2.13. The molecule has 154 valence electrons. The molecule has 7 heteroatoms. The maximum Gasteiger partial charge on any atom is 0.416 e. The van der Waals surface area contributed by atoms with Gasteiger partial charge in [-0.05, 0) is 49.1 Å². The van der Waals surface area contributed by atoms with Crippen molar-refractivity contribution in [2.24, 2.45) is 0 Å². The molecule has 0 aliphatic heterocycles. The average molecular weight is 405 g/mol. The lowest BCUT2D eigenvalue weighted by Crippen LogP contribution is -2.36. The lowest BCUT2D eigenvalue weighted by atomic mass is 10.1. The molecule has 0 aliphatic rings. The van der Waals surface area contributed by atoms with Gasteiger partial charge in [-0.1, -0.05) is 42.5 Å². The second kappa shape index (κ2) is 10.5. The molecule has 2 aromatic rings. The van der Waals surface area contributed by atoms with Gasteiger partial charge in [0.2, 0.25) is 0 Å². The third-order valence-corrected chi connectivity index (χ3v) is 4.11. The van der Waals surface area contributed by atoms with Gasteiger partial charge in [0.05, 0.1) is 5.56 Å². The fourth-order valence-electron chi connectivity index (χ4n) is 2.55. The van der Waals surface area contributed by atoms with Crippen molar-refractivity contribution < 1.29 is 27.5 Å². The summed E-state index contributed by atoms with van der Waals surface area (Å²) in [6.45, 7) is 1.44. The van der Waals surface area contributed by atoms with E-state index in [4.69, 9.17) is 4.74 Å². The molecule has 0 spiro atoms. The van der Waals surface area contributed by atoms with Crippen molar-refractivity contribution in [1.82, 2.24) is 5.32 Å². The Balaban J connectivity index is 1.71. The number of benzene rings is 2. The van der Waals surface area contributed by atoms with E-state index in [0.29, 0.717) is 5.56 Å². The molecule has 2 aromatic carbocycles. The van der Waals surface area contributed by atoms with Crippen LogP contribution in [-0.2, 0) is 26.9 Å². The highest BCUT2D eigenvalue weighted by atomic mass is 19.4. The smallest absolute Gasteiger partial charge is 0.416 e. The van der Waals surface area contributed by atoms with Gasteiger partial charge in [0.25, 0.3) is 5.91 Å². The number of hydrogen-bond acceptors (Lipinski definition) is 3. The highest BCUT2D eigenvalue weighted by molar-refractivity contribution is 5.89. The maximum atomic E-state index is 12.5. The van der Waals surface area contributed by atoms with Crippen LogP contribution >= 0.6 is 0 Å². The fraction of sp³-hybridized carbons (Fsp3) is 0.273. The van der Waals surface area contributed by atoms with E-state index < -0.39 is 30.2 Å². The number of ether oxygens (including phenoxy) is 1. The maximum absolute atomic E-state index is 12.5. The van der Waals surface area contributed by atoms with E-state index in [9.17, 15) is 22.8 Å². The molecule has 0 radical (unpaired) electrons. The van der Waals surface area contributed by atoms with E-state index >= 15 is 0 Å². The second-order valence-electron chi connectivity index (χ2n) is 6.55. The van der Waals surface area contributed by atoms with Crippen molar-refractivity contribution in [2.75, 3.05) is 6.61 Å². The Kier molecular flexibility index (Phi) is 8.00. The molecule has 2 rings (SSSR count). The second-order valence-corrected chi connectivity index (χ2v) is 6.55. The summed E-state index contributed by atoms with van der Waals surface area (Å²) in [6.07, 6.45) is -0.459. The molecule has 0 aromatic heterocycles. The highest BCUT2D eigenvalue weighted by Crippen LogP contribution is 2.29.